The second kappa shape index (κ2) is 4.82. The Morgan fingerprint density at radius 1 is 1.65 bits per heavy atom. The van der Waals surface area contributed by atoms with Crippen LogP contribution in [0, 0.1) is 11.8 Å². The van der Waals surface area contributed by atoms with Crippen LogP contribution in [0.2, 0.25) is 0 Å². The standard InChI is InChI=1S/C13H21N3O/c1-3-4-16-8-11(14)6-12(16)13(17)15-7-10-5-9(10)2/h6,8-10H,3-5,7,14H2,1-2H3,(H,15,17). The van der Waals surface area contributed by atoms with Crippen LogP contribution < -0.4 is 11.1 Å². The van der Waals surface area contributed by atoms with Crippen LogP contribution in [0.4, 0.5) is 5.69 Å². The number of hydrogen-bond acceptors (Lipinski definition) is 2. The maximum atomic E-state index is 12.0. The summed E-state index contributed by atoms with van der Waals surface area (Å²) in [5, 5.41) is 2.99. The number of rotatable bonds is 5. The highest BCUT2D eigenvalue weighted by atomic mass is 16.1. The van der Waals surface area contributed by atoms with Gasteiger partial charge in [-0.2, -0.15) is 0 Å². The highest BCUT2D eigenvalue weighted by molar-refractivity contribution is 5.93. The molecule has 2 atom stereocenters. The normalized spacial score (nSPS) is 22.5. The van der Waals surface area contributed by atoms with Gasteiger partial charge in [-0.15, -0.1) is 0 Å². The summed E-state index contributed by atoms with van der Waals surface area (Å²) >= 11 is 0. The van der Waals surface area contributed by atoms with E-state index in [1.165, 1.54) is 6.42 Å². The molecular weight excluding hydrogens is 214 g/mol. The number of aryl methyl sites for hydroxylation is 1. The van der Waals surface area contributed by atoms with Crippen LogP contribution in [0.5, 0.6) is 0 Å². The largest absolute Gasteiger partial charge is 0.397 e. The molecule has 2 unspecified atom stereocenters. The van der Waals surface area contributed by atoms with Crippen molar-refractivity contribution in [2.75, 3.05) is 12.3 Å². The Hall–Kier alpha value is -1.45. The number of carbonyl (C=O) groups excluding carboxylic acids is 1. The first kappa shape index (κ1) is 12.0. The summed E-state index contributed by atoms with van der Waals surface area (Å²) in [6.45, 7) is 5.93. The molecule has 0 aromatic carbocycles. The molecule has 0 spiro atoms. The number of nitrogens with zero attached hydrogens (tertiary/aromatic N) is 1. The summed E-state index contributed by atoms with van der Waals surface area (Å²) < 4.78 is 1.93. The molecule has 0 radical (unpaired) electrons. The fourth-order valence-corrected chi connectivity index (χ4v) is 2.15. The molecule has 1 heterocycles. The summed E-state index contributed by atoms with van der Waals surface area (Å²) in [4.78, 5) is 12.0. The molecule has 94 valence electrons. The molecule has 1 aromatic heterocycles. The number of carbonyl (C=O) groups is 1. The molecular formula is C13H21N3O. The number of aromatic nitrogens is 1. The van der Waals surface area contributed by atoms with E-state index in [1.807, 2.05) is 10.8 Å². The summed E-state index contributed by atoms with van der Waals surface area (Å²) in [6.07, 6.45) is 4.06. The van der Waals surface area contributed by atoms with Crippen molar-refractivity contribution in [3.05, 3.63) is 18.0 Å². The number of nitrogen functional groups attached to an aromatic ring is 1. The number of nitrogens with one attached hydrogen (secondary N) is 1. The molecule has 2 rings (SSSR count). The van der Waals surface area contributed by atoms with Crippen molar-refractivity contribution in [3.8, 4) is 0 Å². The van der Waals surface area contributed by atoms with Crippen LogP contribution in [0.15, 0.2) is 12.3 Å². The third-order valence-electron chi connectivity index (χ3n) is 3.42. The lowest BCUT2D eigenvalue weighted by molar-refractivity contribution is 0.0942. The van der Waals surface area contributed by atoms with Gasteiger partial charge in [0.2, 0.25) is 0 Å². The van der Waals surface area contributed by atoms with E-state index in [9.17, 15) is 4.79 Å². The Labute approximate surface area is 102 Å². The van der Waals surface area contributed by atoms with Crippen molar-refractivity contribution >= 4 is 11.6 Å². The Balaban J connectivity index is 1.97. The van der Waals surface area contributed by atoms with Gasteiger partial charge in [0.25, 0.3) is 5.91 Å². The van der Waals surface area contributed by atoms with Crippen molar-refractivity contribution in [1.29, 1.82) is 0 Å². The van der Waals surface area contributed by atoms with Gasteiger partial charge in [0.15, 0.2) is 0 Å². The zero-order valence-electron chi connectivity index (χ0n) is 10.6. The van der Waals surface area contributed by atoms with Gasteiger partial charge in [0.1, 0.15) is 5.69 Å². The second-order valence-electron chi connectivity index (χ2n) is 5.04. The van der Waals surface area contributed by atoms with Crippen molar-refractivity contribution in [3.63, 3.8) is 0 Å². The minimum absolute atomic E-state index is 0.00532. The second-order valence-corrected chi connectivity index (χ2v) is 5.04. The molecule has 1 aliphatic carbocycles. The lowest BCUT2D eigenvalue weighted by Crippen LogP contribution is -2.28. The van der Waals surface area contributed by atoms with E-state index in [0.29, 0.717) is 17.3 Å². The fourth-order valence-electron chi connectivity index (χ4n) is 2.15. The van der Waals surface area contributed by atoms with E-state index in [4.69, 9.17) is 5.73 Å². The third-order valence-corrected chi connectivity index (χ3v) is 3.42. The van der Waals surface area contributed by atoms with E-state index in [1.54, 1.807) is 6.07 Å². The average molecular weight is 235 g/mol. The van der Waals surface area contributed by atoms with Crippen LogP contribution in [0.25, 0.3) is 0 Å². The van der Waals surface area contributed by atoms with Crippen molar-refractivity contribution < 1.29 is 4.79 Å². The van der Waals surface area contributed by atoms with E-state index < -0.39 is 0 Å². The molecule has 1 aromatic rings. The zero-order valence-corrected chi connectivity index (χ0v) is 10.6. The van der Waals surface area contributed by atoms with Gasteiger partial charge in [0, 0.05) is 19.3 Å². The lowest BCUT2D eigenvalue weighted by atomic mass is 10.3. The average Bonchev–Trinajstić information content (AvgIpc) is 2.86. The van der Waals surface area contributed by atoms with Crippen LogP contribution >= 0.6 is 0 Å². The number of anilines is 1. The quantitative estimate of drug-likeness (QED) is 0.818. The Morgan fingerprint density at radius 3 is 2.94 bits per heavy atom. The highest BCUT2D eigenvalue weighted by Gasteiger charge is 2.32. The van der Waals surface area contributed by atoms with Crippen molar-refractivity contribution in [2.24, 2.45) is 11.8 Å². The molecule has 17 heavy (non-hydrogen) atoms. The third kappa shape index (κ3) is 2.81. The van der Waals surface area contributed by atoms with Gasteiger partial charge in [0.05, 0.1) is 5.69 Å². The molecule has 1 amide bonds. The maximum Gasteiger partial charge on any atom is 0.267 e. The van der Waals surface area contributed by atoms with Gasteiger partial charge in [-0.3, -0.25) is 4.79 Å². The first-order valence-electron chi connectivity index (χ1n) is 6.35. The highest BCUT2D eigenvalue weighted by Crippen LogP contribution is 2.36. The molecule has 1 aliphatic rings. The monoisotopic (exact) mass is 235 g/mol. The van der Waals surface area contributed by atoms with E-state index in [2.05, 4.69) is 19.2 Å². The van der Waals surface area contributed by atoms with Crippen LogP contribution in [0.1, 0.15) is 37.2 Å². The zero-order chi connectivity index (χ0) is 12.4. The predicted octanol–water partition coefficient (Wildman–Crippen LogP) is 1.87. The molecule has 1 saturated carbocycles. The maximum absolute atomic E-state index is 12.0. The fraction of sp³-hybridized carbons (Fsp3) is 0.615. The predicted molar refractivity (Wildman–Crippen MR) is 68.7 cm³/mol. The first-order valence-corrected chi connectivity index (χ1v) is 6.35. The van der Waals surface area contributed by atoms with Gasteiger partial charge >= 0.3 is 0 Å². The van der Waals surface area contributed by atoms with Gasteiger partial charge < -0.3 is 15.6 Å². The van der Waals surface area contributed by atoms with Gasteiger partial charge in [-0.1, -0.05) is 13.8 Å². The molecule has 4 heteroatoms. The molecule has 0 aliphatic heterocycles. The van der Waals surface area contributed by atoms with E-state index >= 15 is 0 Å². The minimum Gasteiger partial charge on any atom is -0.397 e. The van der Waals surface area contributed by atoms with E-state index in [0.717, 1.165) is 25.4 Å². The van der Waals surface area contributed by atoms with Crippen LogP contribution in [-0.4, -0.2) is 17.0 Å². The first-order chi connectivity index (χ1) is 8.11. The summed E-state index contributed by atoms with van der Waals surface area (Å²) in [5.41, 5.74) is 7.07. The SMILES string of the molecule is CCCn1cc(N)cc1C(=O)NCC1CC1C. The molecule has 4 nitrogen and oxygen atoms in total. The summed E-state index contributed by atoms with van der Waals surface area (Å²) in [7, 11) is 0. The number of hydrogen-bond donors (Lipinski definition) is 2. The summed E-state index contributed by atoms with van der Waals surface area (Å²) in [5.74, 6) is 1.43. The minimum atomic E-state index is -0.00532. The Morgan fingerprint density at radius 2 is 2.35 bits per heavy atom. The van der Waals surface area contributed by atoms with Gasteiger partial charge in [-0.05, 0) is 30.7 Å². The molecule has 0 bridgehead atoms. The lowest BCUT2D eigenvalue weighted by Gasteiger charge is -2.08. The molecule has 3 N–H and O–H groups in total. The summed E-state index contributed by atoms with van der Waals surface area (Å²) in [6, 6.07) is 1.75. The Bertz CT molecular complexity index is 411. The van der Waals surface area contributed by atoms with Crippen LogP contribution in [-0.2, 0) is 6.54 Å². The topological polar surface area (TPSA) is 60.0 Å². The van der Waals surface area contributed by atoms with Crippen LogP contribution in [0.3, 0.4) is 0 Å². The number of nitrogens with two attached hydrogens (primary N) is 1. The smallest absolute Gasteiger partial charge is 0.267 e. The van der Waals surface area contributed by atoms with Gasteiger partial charge in [-0.25, -0.2) is 0 Å². The van der Waals surface area contributed by atoms with Crippen molar-refractivity contribution in [1.82, 2.24) is 9.88 Å². The number of amides is 1. The molecule has 1 fully saturated rings. The van der Waals surface area contributed by atoms with E-state index in [-0.39, 0.29) is 5.91 Å². The molecule has 0 saturated heterocycles. The Kier molecular flexibility index (Phi) is 3.41. The van der Waals surface area contributed by atoms with Crippen molar-refractivity contribution in [2.45, 2.75) is 33.2 Å².